The van der Waals surface area contributed by atoms with Crippen LogP contribution in [0.3, 0.4) is 0 Å². The third-order valence-corrected chi connectivity index (χ3v) is 4.31. The zero-order chi connectivity index (χ0) is 19.4. The zero-order valence-corrected chi connectivity index (χ0v) is 14.8. The number of para-hydroxylation sites is 1. The summed E-state index contributed by atoms with van der Waals surface area (Å²) in [6.45, 7) is 0.704. The summed E-state index contributed by atoms with van der Waals surface area (Å²) in [4.78, 5) is 21.1. The van der Waals surface area contributed by atoms with E-state index in [2.05, 4.69) is 15.3 Å². The van der Waals surface area contributed by atoms with Crippen LogP contribution in [0.15, 0.2) is 36.5 Å². The summed E-state index contributed by atoms with van der Waals surface area (Å²) < 4.78 is 43.7. The van der Waals surface area contributed by atoms with Crippen molar-refractivity contribution in [2.45, 2.75) is 25.1 Å². The largest absolute Gasteiger partial charge is 0.458 e. The van der Waals surface area contributed by atoms with Gasteiger partial charge in [0.2, 0.25) is 0 Å². The molecule has 1 aliphatic heterocycles. The number of rotatable bonds is 3. The van der Waals surface area contributed by atoms with E-state index in [1.165, 1.54) is 4.90 Å². The lowest BCUT2D eigenvalue weighted by molar-refractivity contribution is -0.141. The van der Waals surface area contributed by atoms with Gasteiger partial charge in [0.25, 0.3) is 0 Å². The normalized spacial score (nSPS) is 17.5. The number of piperidine rings is 1. The Hall–Kier alpha value is -2.55. The third kappa shape index (κ3) is 5.00. The maximum absolute atomic E-state index is 12.7. The first-order valence-electron chi connectivity index (χ1n) is 8.20. The van der Waals surface area contributed by atoms with Crippen LogP contribution in [0.2, 0.25) is 5.02 Å². The number of ether oxygens (including phenoxy) is 1. The molecule has 3 rings (SSSR count). The molecule has 1 unspecified atom stereocenters. The van der Waals surface area contributed by atoms with Gasteiger partial charge in [-0.25, -0.2) is 9.78 Å². The number of alkyl halides is 3. The molecule has 0 spiro atoms. The number of anilines is 1. The number of carbonyl (C=O) groups is 1. The highest BCUT2D eigenvalue weighted by molar-refractivity contribution is 6.33. The van der Waals surface area contributed by atoms with Crippen molar-refractivity contribution in [3.63, 3.8) is 0 Å². The molecule has 6 nitrogen and oxygen atoms in total. The van der Waals surface area contributed by atoms with E-state index in [1.807, 2.05) is 0 Å². The molecule has 1 aromatic heterocycles. The van der Waals surface area contributed by atoms with E-state index in [0.29, 0.717) is 30.1 Å². The van der Waals surface area contributed by atoms with Gasteiger partial charge in [-0.3, -0.25) is 0 Å². The average Bonchev–Trinajstić information content (AvgIpc) is 2.63. The van der Waals surface area contributed by atoms with Crippen molar-refractivity contribution in [1.82, 2.24) is 14.9 Å². The fraction of sp³-hybridized carbons (Fsp3) is 0.353. The fourth-order valence-corrected chi connectivity index (χ4v) is 2.86. The van der Waals surface area contributed by atoms with Crippen molar-refractivity contribution in [2.24, 2.45) is 0 Å². The standard InChI is InChI=1S/C17H16ClF3N4O2/c18-12-5-1-2-6-13(12)23-16(26)25-9-3-4-11(10-25)27-15-22-8-7-14(24-15)17(19,20)21/h1-2,5-8,11H,3-4,9-10H2,(H,23,26). The summed E-state index contributed by atoms with van der Waals surface area (Å²) >= 11 is 6.03. The second kappa shape index (κ2) is 7.99. The van der Waals surface area contributed by atoms with Gasteiger partial charge in [-0.1, -0.05) is 23.7 Å². The Labute approximate surface area is 158 Å². The Morgan fingerprint density at radius 3 is 2.81 bits per heavy atom. The number of urea groups is 1. The van der Waals surface area contributed by atoms with Gasteiger partial charge in [-0.05, 0) is 31.0 Å². The second-order valence-electron chi connectivity index (χ2n) is 5.96. The van der Waals surface area contributed by atoms with Gasteiger partial charge in [-0.15, -0.1) is 0 Å². The number of likely N-dealkylation sites (tertiary alicyclic amines) is 1. The number of halogens is 4. The van der Waals surface area contributed by atoms with Gasteiger partial charge >= 0.3 is 18.2 Å². The van der Waals surface area contributed by atoms with E-state index >= 15 is 0 Å². The van der Waals surface area contributed by atoms with Gasteiger partial charge in [0.1, 0.15) is 6.10 Å². The predicted molar refractivity (Wildman–Crippen MR) is 92.7 cm³/mol. The fourth-order valence-electron chi connectivity index (χ4n) is 2.68. The van der Waals surface area contributed by atoms with Crippen LogP contribution >= 0.6 is 11.6 Å². The molecule has 1 saturated heterocycles. The lowest BCUT2D eigenvalue weighted by Crippen LogP contribution is -2.46. The highest BCUT2D eigenvalue weighted by atomic mass is 35.5. The molecular formula is C17H16ClF3N4O2. The minimum Gasteiger partial charge on any atom is -0.458 e. The smallest absolute Gasteiger partial charge is 0.433 e. The molecule has 2 aromatic rings. The van der Waals surface area contributed by atoms with Gasteiger partial charge < -0.3 is 15.0 Å². The monoisotopic (exact) mass is 400 g/mol. The molecule has 2 heterocycles. The molecule has 2 amide bonds. The van der Waals surface area contributed by atoms with Crippen molar-refractivity contribution < 1.29 is 22.7 Å². The molecule has 1 N–H and O–H groups in total. The molecule has 1 atom stereocenters. The molecule has 1 aliphatic rings. The van der Waals surface area contributed by atoms with E-state index in [1.54, 1.807) is 24.3 Å². The van der Waals surface area contributed by atoms with Crippen LogP contribution in [0.4, 0.5) is 23.7 Å². The van der Waals surface area contributed by atoms with Gasteiger partial charge in [0, 0.05) is 12.7 Å². The van der Waals surface area contributed by atoms with Gasteiger partial charge in [0.15, 0.2) is 5.69 Å². The minimum atomic E-state index is -4.57. The molecule has 27 heavy (non-hydrogen) atoms. The van der Waals surface area contributed by atoms with Gasteiger partial charge in [0.05, 0.1) is 17.3 Å². The predicted octanol–water partition coefficient (Wildman–Crippen LogP) is 4.22. The molecule has 144 valence electrons. The quantitative estimate of drug-likeness (QED) is 0.837. The van der Waals surface area contributed by atoms with E-state index in [9.17, 15) is 18.0 Å². The molecule has 10 heteroatoms. The molecule has 0 bridgehead atoms. The SMILES string of the molecule is O=C(Nc1ccccc1Cl)N1CCCC(Oc2nccc(C(F)(F)F)n2)C1. The maximum Gasteiger partial charge on any atom is 0.433 e. The number of aromatic nitrogens is 2. The second-order valence-corrected chi connectivity index (χ2v) is 6.37. The van der Waals surface area contributed by atoms with Crippen molar-refractivity contribution in [1.29, 1.82) is 0 Å². The Kier molecular flexibility index (Phi) is 5.69. The first kappa shape index (κ1) is 19.2. The summed E-state index contributed by atoms with van der Waals surface area (Å²) in [5.74, 6) is 0. The number of hydrogen-bond donors (Lipinski definition) is 1. The first-order chi connectivity index (χ1) is 12.8. The number of hydrogen-bond acceptors (Lipinski definition) is 4. The number of benzene rings is 1. The van der Waals surface area contributed by atoms with E-state index in [0.717, 1.165) is 12.3 Å². The third-order valence-electron chi connectivity index (χ3n) is 3.98. The average molecular weight is 401 g/mol. The molecule has 0 aliphatic carbocycles. The lowest BCUT2D eigenvalue weighted by Gasteiger charge is -2.32. The van der Waals surface area contributed by atoms with E-state index < -0.39 is 18.0 Å². The van der Waals surface area contributed by atoms with E-state index in [-0.39, 0.29) is 18.6 Å². The number of amides is 2. The van der Waals surface area contributed by atoms with E-state index in [4.69, 9.17) is 16.3 Å². The summed E-state index contributed by atoms with van der Waals surface area (Å²) in [7, 11) is 0. The zero-order valence-electron chi connectivity index (χ0n) is 14.0. The highest BCUT2D eigenvalue weighted by Crippen LogP contribution is 2.28. The highest BCUT2D eigenvalue weighted by Gasteiger charge is 2.33. The number of nitrogens with one attached hydrogen (secondary N) is 1. The van der Waals surface area contributed by atoms with Crippen LogP contribution in [0, 0.1) is 0 Å². The number of carbonyl (C=O) groups excluding carboxylic acids is 1. The molecule has 0 saturated carbocycles. The Morgan fingerprint density at radius 1 is 1.30 bits per heavy atom. The van der Waals surface area contributed by atoms with Crippen molar-refractivity contribution in [2.75, 3.05) is 18.4 Å². The topological polar surface area (TPSA) is 67.4 Å². The Balaban J connectivity index is 1.63. The molecule has 0 radical (unpaired) electrons. The van der Waals surface area contributed by atoms with Crippen LogP contribution in [0.1, 0.15) is 18.5 Å². The summed E-state index contributed by atoms with van der Waals surface area (Å²) in [5.41, 5.74) is -0.593. The summed E-state index contributed by atoms with van der Waals surface area (Å²) in [6, 6.07) is 6.88. The molecular weight excluding hydrogens is 385 g/mol. The lowest BCUT2D eigenvalue weighted by atomic mass is 10.1. The Bertz CT molecular complexity index is 819. The molecule has 1 aromatic carbocycles. The minimum absolute atomic E-state index is 0.204. The van der Waals surface area contributed by atoms with Crippen LogP contribution < -0.4 is 10.1 Å². The van der Waals surface area contributed by atoms with Crippen LogP contribution in [-0.2, 0) is 6.18 Å². The summed E-state index contributed by atoms with van der Waals surface area (Å²) in [5, 5.41) is 3.12. The number of nitrogens with zero attached hydrogens (tertiary/aromatic N) is 3. The van der Waals surface area contributed by atoms with Crippen molar-refractivity contribution in [3.8, 4) is 6.01 Å². The van der Waals surface area contributed by atoms with Crippen LogP contribution in [0.25, 0.3) is 0 Å². The van der Waals surface area contributed by atoms with Crippen LogP contribution in [-0.4, -0.2) is 40.1 Å². The van der Waals surface area contributed by atoms with Gasteiger partial charge in [-0.2, -0.15) is 18.2 Å². The Morgan fingerprint density at radius 2 is 2.07 bits per heavy atom. The summed E-state index contributed by atoms with van der Waals surface area (Å²) in [6.07, 6.45) is -2.86. The van der Waals surface area contributed by atoms with Crippen molar-refractivity contribution in [3.05, 3.63) is 47.2 Å². The van der Waals surface area contributed by atoms with Crippen LogP contribution in [0.5, 0.6) is 6.01 Å². The molecule has 1 fully saturated rings. The first-order valence-corrected chi connectivity index (χ1v) is 8.58. The van der Waals surface area contributed by atoms with Crippen molar-refractivity contribution >= 4 is 23.3 Å². The maximum atomic E-state index is 12.7.